The lowest BCUT2D eigenvalue weighted by Crippen LogP contribution is -2.12. The number of nitrogens with one attached hydrogen (secondary N) is 1. The molecule has 0 spiro atoms. The number of fused-ring (bicyclic) bond motifs is 1. The Morgan fingerprint density at radius 2 is 2.17 bits per heavy atom. The third-order valence-electron chi connectivity index (χ3n) is 5.18. The summed E-state index contributed by atoms with van der Waals surface area (Å²) in [5.41, 5.74) is 8.76. The van der Waals surface area contributed by atoms with E-state index in [-0.39, 0.29) is 17.2 Å². The lowest BCUT2D eigenvalue weighted by atomic mass is 9.96. The smallest absolute Gasteiger partial charge is 0.252 e. The number of phenols is 1. The molecule has 4 aromatic rings. The molecule has 7 nitrogen and oxygen atoms in total. The van der Waals surface area contributed by atoms with Gasteiger partial charge in [0.1, 0.15) is 5.75 Å². The molecule has 0 saturated heterocycles. The first kappa shape index (κ1) is 17.7. The molecule has 0 unspecified atom stereocenters. The normalized spacial score (nSPS) is 13.7. The third kappa shape index (κ3) is 3.11. The van der Waals surface area contributed by atoms with Crippen LogP contribution in [0.3, 0.4) is 0 Å². The molecule has 1 saturated carbocycles. The van der Waals surface area contributed by atoms with Gasteiger partial charge in [-0.2, -0.15) is 0 Å². The summed E-state index contributed by atoms with van der Waals surface area (Å²) in [5.74, 6) is 0.280. The van der Waals surface area contributed by atoms with E-state index in [0.717, 1.165) is 29.7 Å². The van der Waals surface area contributed by atoms with Gasteiger partial charge in [-0.15, -0.1) is 11.3 Å². The van der Waals surface area contributed by atoms with Crippen molar-refractivity contribution in [3.05, 3.63) is 64.2 Å². The van der Waals surface area contributed by atoms with Crippen LogP contribution in [0, 0.1) is 0 Å². The number of carbonyl (C=O) groups is 1. The van der Waals surface area contributed by atoms with Crippen LogP contribution in [0.25, 0.3) is 16.9 Å². The van der Waals surface area contributed by atoms with Gasteiger partial charge in [-0.3, -0.25) is 9.20 Å². The highest BCUT2D eigenvalue weighted by atomic mass is 32.1. The first-order valence-electron chi connectivity index (χ1n) is 9.38. The molecule has 1 aliphatic rings. The number of aromatic hydroxyl groups is 1. The SMILES string of the molecule is NC(=O)c1ccc(-c2cnc3c(NCc4cccs4)nccn23)c(C2CC2)c1O. The number of aromatic nitrogens is 3. The van der Waals surface area contributed by atoms with Gasteiger partial charge in [-0.1, -0.05) is 12.1 Å². The minimum Gasteiger partial charge on any atom is -0.507 e. The number of nitrogens with two attached hydrogens (primary N) is 1. The lowest BCUT2D eigenvalue weighted by molar-refractivity contribution is 0.0997. The summed E-state index contributed by atoms with van der Waals surface area (Å²) in [7, 11) is 0. The van der Waals surface area contributed by atoms with Crippen LogP contribution in [0.4, 0.5) is 5.82 Å². The molecule has 0 radical (unpaired) electrons. The molecule has 1 aromatic carbocycles. The number of rotatable bonds is 6. The van der Waals surface area contributed by atoms with Crippen LogP contribution in [-0.4, -0.2) is 25.4 Å². The Bertz CT molecular complexity index is 1210. The van der Waals surface area contributed by atoms with Crippen LogP contribution >= 0.6 is 11.3 Å². The van der Waals surface area contributed by atoms with Crippen LogP contribution in [-0.2, 0) is 6.54 Å². The van der Waals surface area contributed by atoms with Gasteiger partial charge in [0.05, 0.1) is 24.0 Å². The zero-order chi connectivity index (χ0) is 20.0. The molecular formula is C21H19N5O2S. The summed E-state index contributed by atoms with van der Waals surface area (Å²) >= 11 is 1.68. The Balaban J connectivity index is 1.59. The summed E-state index contributed by atoms with van der Waals surface area (Å²) < 4.78 is 1.95. The van der Waals surface area contributed by atoms with Crippen LogP contribution < -0.4 is 11.1 Å². The fourth-order valence-corrected chi connectivity index (χ4v) is 4.29. The Labute approximate surface area is 170 Å². The maximum absolute atomic E-state index is 11.7. The Hall–Kier alpha value is -3.39. The highest BCUT2D eigenvalue weighted by Gasteiger charge is 2.32. The molecule has 3 aromatic heterocycles. The highest BCUT2D eigenvalue weighted by Crippen LogP contribution is 2.49. The largest absolute Gasteiger partial charge is 0.507 e. The number of hydrogen-bond acceptors (Lipinski definition) is 6. The second kappa shape index (κ2) is 6.89. The van der Waals surface area contributed by atoms with Crippen LogP contribution in [0.15, 0.2) is 48.2 Å². The van der Waals surface area contributed by atoms with E-state index in [2.05, 4.69) is 21.4 Å². The van der Waals surface area contributed by atoms with Crippen LogP contribution in [0.2, 0.25) is 0 Å². The number of primary amides is 1. The van der Waals surface area contributed by atoms with E-state index in [9.17, 15) is 9.90 Å². The molecule has 3 heterocycles. The van der Waals surface area contributed by atoms with Crippen molar-refractivity contribution in [2.24, 2.45) is 5.73 Å². The minimum atomic E-state index is -0.627. The molecule has 1 aliphatic carbocycles. The van der Waals surface area contributed by atoms with E-state index in [0.29, 0.717) is 18.0 Å². The first-order chi connectivity index (χ1) is 14.1. The molecule has 8 heteroatoms. The average Bonchev–Trinajstić information content (AvgIpc) is 3.24. The summed E-state index contributed by atoms with van der Waals surface area (Å²) in [6, 6.07) is 7.51. The van der Waals surface area contributed by atoms with Gasteiger partial charge in [0.15, 0.2) is 11.5 Å². The van der Waals surface area contributed by atoms with Crippen molar-refractivity contribution >= 4 is 28.7 Å². The van der Waals surface area contributed by atoms with Crippen molar-refractivity contribution in [2.75, 3.05) is 5.32 Å². The second-order valence-corrected chi connectivity index (χ2v) is 8.14. The molecule has 4 N–H and O–H groups in total. The monoisotopic (exact) mass is 405 g/mol. The van der Waals surface area contributed by atoms with Gasteiger partial charge in [0.25, 0.3) is 5.91 Å². The predicted molar refractivity (Wildman–Crippen MR) is 112 cm³/mol. The highest BCUT2D eigenvalue weighted by molar-refractivity contribution is 7.09. The molecule has 1 amide bonds. The van der Waals surface area contributed by atoms with Gasteiger partial charge in [0.2, 0.25) is 0 Å². The van der Waals surface area contributed by atoms with E-state index >= 15 is 0 Å². The van der Waals surface area contributed by atoms with Gasteiger partial charge in [-0.25, -0.2) is 9.97 Å². The van der Waals surface area contributed by atoms with E-state index in [1.807, 2.05) is 28.1 Å². The van der Waals surface area contributed by atoms with Gasteiger partial charge < -0.3 is 16.2 Å². The number of benzene rings is 1. The first-order valence-corrected chi connectivity index (χ1v) is 10.3. The summed E-state index contributed by atoms with van der Waals surface area (Å²) in [6.07, 6.45) is 7.31. The number of anilines is 1. The molecule has 1 fully saturated rings. The maximum atomic E-state index is 11.7. The molecule has 29 heavy (non-hydrogen) atoms. The molecular weight excluding hydrogens is 386 g/mol. The number of imidazole rings is 1. The van der Waals surface area contributed by atoms with E-state index in [1.54, 1.807) is 29.8 Å². The Kier molecular flexibility index (Phi) is 4.21. The molecule has 0 bridgehead atoms. The standard InChI is InChI=1S/C21H19N5O2S/c22-19(28)15-6-5-14(17(18(15)27)12-3-4-12)16-11-25-21-20(23-7-8-26(16)21)24-10-13-2-1-9-29-13/h1-2,5-9,11-12,27H,3-4,10H2,(H2,22,28)(H,23,24). The second-order valence-electron chi connectivity index (χ2n) is 7.11. The van der Waals surface area contributed by atoms with Crippen LogP contribution in [0.1, 0.15) is 39.6 Å². The zero-order valence-corrected chi connectivity index (χ0v) is 16.3. The minimum absolute atomic E-state index is 0.0162. The summed E-state index contributed by atoms with van der Waals surface area (Å²) in [5, 5.41) is 16.1. The van der Waals surface area contributed by atoms with Crippen molar-refractivity contribution in [2.45, 2.75) is 25.3 Å². The summed E-state index contributed by atoms with van der Waals surface area (Å²) in [4.78, 5) is 21.9. The number of amides is 1. The predicted octanol–water partition coefficient (Wildman–Crippen LogP) is 3.75. The van der Waals surface area contributed by atoms with E-state index < -0.39 is 5.91 Å². The lowest BCUT2D eigenvalue weighted by Gasteiger charge is -2.13. The Morgan fingerprint density at radius 1 is 1.31 bits per heavy atom. The van der Waals surface area contributed by atoms with Gasteiger partial charge in [-0.05, 0) is 36.3 Å². The van der Waals surface area contributed by atoms with Gasteiger partial charge >= 0.3 is 0 Å². The van der Waals surface area contributed by atoms with Crippen molar-refractivity contribution in [3.63, 3.8) is 0 Å². The van der Waals surface area contributed by atoms with Crippen molar-refractivity contribution in [1.82, 2.24) is 14.4 Å². The number of nitrogens with zero attached hydrogens (tertiary/aromatic N) is 3. The van der Waals surface area contributed by atoms with E-state index in [1.165, 1.54) is 4.88 Å². The van der Waals surface area contributed by atoms with Gasteiger partial charge in [0, 0.05) is 28.4 Å². The summed E-state index contributed by atoms with van der Waals surface area (Å²) in [6.45, 7) is 0.675. The van der Waals surface area contributed by atoms with E-state index in [4.69, 9.17) is 5.73 Å². The maximum Gasteiger partial charge on any atom is 0.252 e. The number of thiophene rings is 1. The van der Waals surface area contributed by atoms with Crippen LogP contribution in [0.5, 0.6) is 5.75 Å². The topological polar surface area (TPSA) is 106 Å². The zero-order valence-electron chi connectivity index (χ0n) is 15.5. The fraction of sp³-hybridized carbons (Fsp3) is 0.190. The molecule has 146 valence electrons. The fourth-order valence-electron chi connectivity index (χ4n) is 3.64. The quantitative estimate of drug-likeness (QED) is 0.453. The third-order valence-corrected chi connectivity index (χ3v) is 6.06. The number of carbonyl (C=O) groups excluding carboxylic acids is 1. The average molecular weight is 405 g/mol. The molecule has 0 atom stereocenters. The Morgan fingerprint density at radius 3 is 2.90 bits per heavy atom. The molecule has 5 rings (SSSR count). The molecule has 0 aliphatic heterocycles. The van der Waals surface area contributed by atoms with Crippen molar-refractivity contribution in [3.8, 4) is 17.0 Å². The van der Waals surface area contributed by atoms with Crippen molar-refractivity contribution < 1.29 is 9.90 Å². The van der Waals surface area contributed by atoms with Crippen molar-refractivity contribution in [1.29, 1.82) is 0 Å². The number of hydrogen-bond donors (Lipinski definition) is 3.